The lowest BCUT2D eigenvalue weighted by Gasteiger charge is -2.37. The van der Waals surface area contributed by atoms with Crippen molar-refractivity contribution in [1.82, 2.24) is 9.97 Å². The number of fused-ring (bicyclic) bond motifs is 1. The minimum Gasteiger partial charge on any atom is -0.383 e. The zero-order valence-electron chi connectivity index (χ0n) is 16.0. The molecular formula is C20H24Cl2N6O. The van der Waals surface area contributed by atoms with Crippen molar-refractivity contribution in [3.8, 4) is 11.1 Å². The first-order valence-corrected chi connectivity index (χ1v) is 10.5. The predicted molar refractivity (Wildman–Crippen MR) is 116 cm³/mol. The Kier molecular flexibility index (Phi) is 5.31. The molecule has 1 aliphatic heterocycles. The summed E-state index contributed by atoms with van der Waals surface area (Å²) in [6, 6.07) is 5.09. The number of anilines is 2. The predicted octanol–water partition coefficient (Wildman–Crippen LogP) is 3.09. The number of primary amides is 1. The molecule has 1 aliphatic carbocycles. The third-order valence-corrected chi connectivity index (χ3v) is 7.18. The van der Waals surface area contributed by atoms with Crippen molar-refractivity contribution in [2.45, 2.75) is 25.7 Å². The molecule has 2 atom stereocenters. The van der Waals surface area contributed by atoms with Crippen LogP contribution in [-0.2, 0) is 0 Å². The van der Waals surface area contributed by atoms with Gasteiger partial charge in [0.25, 0.3) is 5.91 Å². The summed E-state index contributed by atoms with van der Waals surface area (Å²) in [5.41, 5.74) is 19.0. The van der Waals surface area contributed by atoms with Crippen LogP contribution in [-0.4, -0.2) is 35.5 Å². The number of nitrogen functional groups attached to an aromatic ring is 1. The number of rotatable bonds is 4. The molecule has 1 aromatic heterocycles. The molecule has 0 unspecified atom stereocenters. The zero-order valence-corrected chi connectivity index (χ0v) is 17.5. The first-order valence-electron chi connectivity index (χ1n) is 9.73. The van der Waals surface area contributed by atoms with Crippen LogP contribution in [0.3, 0.4) is 0 Å². The highest BCUT2D eigenvalue weighted by atomic mass is 35.5. The van der Waals surface area contributed by atoms with E-state index in [2.05, 4.69) is 14.9 Å². The fourth-order valence-electron chi connectivity index (χ4n) is 4.82. The van der Waals surface area contributed by atoms with Crippen LogP contribution in [0.15, 0.2) is 18.2 Å². The summed E-state index contributed by atoms with van der Waals surface area (Å²) < 4.78 is 0. The van der Waals surface area contributed by atoms with Gasteiger partial charge in [-0.1, -0.05) is 48.2 Å². The Morgan fingerprint density at radius 1 is 1.28 bits per heavy atom. The maximum Gasteiger partial charge on any atom is 0.268 e. The molecule has 1 amide bonds. The summed E-state index contributed by atoms with van der Waals surface area (Å²) in [5.74, 6) is 0.340. The number of hydrogen-bond donors (Lipinski definition) is 3. The van der Waals surface area contributed by atoms with Gasteiger partial charge >= 0.3 is 0 Å². The molecule has 0 spiro atoms. The fraction of sp³-hybridized carbons (Fsp3) is 0.450. The second-order valence-electron chi connectivity index (χ2n) is 7.99. The molecule has 2 heterocycles. The summed E-state index contributed by atoms with van der Waals surface area (Å²) in [7, 11) is 0. The molecule has 1 saturated carbocycles. The average molecular weight is 435 g/mol. The van der Waals surface area contributed by atoms with Crippen LogP contribution in [0.5, 0.6) is 0 Å². The van der Waals surface area contributed by atoms with Gasteiger partial charge in [0.15, 0.2) is 0 Å². The molecule has 6 N–H and O–H groups in total. The molecule has 9 heteroatoms. The minimum atomic E-state index is -0.698. The minimum absolute atomic E-state index is 0.0355. The van der Waals surface area contributed by atoms with E-state index in [1.165, 1.54) is 12.8 Å². The number of nitrogens with two attached hydrogens (primary N) is 3. The number of carbonyl (C=O) groups excluding carboxylic acids is 1. The van der Waals surface area contributed by atoms with Crippen LogP contribution < -0.4 is 22.1 Å². The normalized spacial score (nSPS) is 23.8. The van der Waals surface area contributed by atoms with Gasteiger partial charge in [-0.15, -0.1) is 0 Å². The quantitative estimate of drug-likeness (QED) is 0.678. The van der Waals surface area contributed by atoms with Gasteiger partial charge in [0, 0.05) is 24.1 Å². The van der Waals surface area contributed by atoms with E-state index in [-0.39, 0.29) is 21.9 Å². The van der Waals surface area contributed by atoms with Gasteiger partial charge in [-0.2, -0.15) is 4.98 Å². The largest absolute Gasteiger partial charge is 0.383 e. The molecule has 1 aromatic carbocycles. The van der Waals surface area contributed by atoms with Crippen LogP contribution >= 0.6 is 23.2 Å². The Bertz CT molecular complexity index is 968. The van der Waals surface area contributed by atoms with Crippen molar-refractivity contribution in [2.24, 2.45) is 22.8 Å². The second-order valence-corrected chi connectivity index (χ2v) is 8.77. The average Bonchev–Trinajstić information content (AvgIpc) is 3.10. The van der Waals surface area contributed by atoms with Gasteiger partial charge in [0.1, 0.15) is 11.5 Å². The summed E-state index contributed by atoms with van der Waals surface area (Å²) in [5, 5.41) is 0.616. The number of amides is 1. The van der Waals surface area contributed by atoms with Gasteiger partial charge in [-0.25, -0.2) is 4.98 Å². The Morgan fingerprint density at radius 3 is 2.76 bits per heavy atom. The zero-order chi connectivity index (χ0) is 20.8. The molecule has 29 heavy (non-hydrogen) atoms. The van der Waals surface area contributed by atoms with E-state index in [9.17, 15) is 4.79 Å². The van der Waals surface area contributed by atoms with Gasteiger partial charge in [-0.3, -0.25) is 4.79 Å². The van der Waals surface area contributed by atoms with E-state index in [0.29, 0.717) is 34.6 Å². The van der Waals surface area contributed by atoms with Crippen molar-refractivity contribution in [3.05, 3.63) is 33.9 Å². The molecule has 0 bridgehead atoms. The van der Waals surface area contributed by atoms with E-state index in [1.807, 2.05) is 0 Å². The van der Waals surface area contributed by atoms with Crippen LogP contribution in [0.4, 0.5) is 11.8 Å². The number of hydrogen-bond acceptors (Lipinski definition) is 6. The van der Waals surface area contributed by atoms with Crippen molar-refractivity contribution < 1.29 is 4.79 Å². The highest BCUT2D eigenvalue weighted by Gasteiger charge is 2.47. The number of nitrogens with zero attached hydrogens (tertiary/aromatic N) is 3. The first-order chi connectivity index (χ1) is 13.9. The van der Waals surface area contributed by atoms with E-state index in [4.69, 9.17) is 40.4 Å². The Morgan fingerprint density at radius 2 is 2.07 bits per heavy atom. The lowest BCUT2D eigenvalue weighted by Crippen LogP contribution is -2.40. The molecule has 2 aliphatic rings. The van der Waals surface area contributed by atoms with Crippen LogP contribution in [0, 0.1) is 11.3 Å². The molecule has 1 saturated heterocycles. The van der Waals surface area contributed by atoms with E-state index in [0.717, 1.165) is 25.9 Å². The third kappa shape index (κ3) is 3.41. The van der Waals surface area contributed by atoms with Crippen LogP contribution in [0.25, 0.3) is 11.1 Å². The standard InChI is InChI=1S/C20H24Cl2N6O/c21-13-6-3-5-12(15(13)22)14-16(18(25)29)26-19(27-17(14)24)28-8-11-4-1-2-7-20(11,9-23)10-28/h3,5-6,11H,1-2,4,7-10,23H2,(H2,25,29)(H2,24,26,27)/t11-,20-/m0/s1. The van der Waals surface area contributed by atoms with Crippen molar-refractivity contribution in [2.75, 3.05) is 30.3 Å². The third-order valence-electron chi connectivity index (χ3n) is 6.36. The summed E-state index contributed by atoms with van der Waals surface area (Å²) in [4.78, 5) is 23.3. The smallest absolute Gasteiger partial charge is 0.268 e. The van der Waals surface area contributed by atoms with Crippen molar-refractivity contribution >= 4 is 40.9 Å². The van der Waals surface area contributed by atoms with Crippen LogP contribution in [0.1, 0.15) is 36.2 Å². The SMILES string of the molecule is NC[C@]12CCCC[C@H]1CN(c1nc(N)c(-c3cccc(Cl)c3Cl)c(C(N)=O)n1)C2. The summed E-state index contributed by atoms with van der Waals surface area (Å²) in [6.07, 6.45) is 4.63. The van der Waals surface area contributed by atoms with E-state index >= 15 is 0 Å². The van der Waals surface area contributed by atoms with E-state index < -0.39 is 5.91 Å². The molecular weight excluding hydrogens is 411 g/mol. The number of aromatic nitrogens is 2. The van der Waals surface area contributed by atoms with E-state index in [1.54, 1.807) is 18.2 Å². The Balaban J connectivity index is 1.78. The highest BCUT2D eigenvalue weighted by Crippen LogP contribution is 2.47. The molecule has 2 fully saturated rings. The van der Waals surface area contributed by atoms with Crippen molar-refractivity contribution in [3.63, 3.8) is 0 Å². The molecule has 154 valence electrons. The van der Waals surface area contributed by atoms with Gasteiger partial charge in [-0.05, 0) is 31.4 Å². The molecule has 2 aromatic rings. The van der Waals surface area contributed by atoms with Gasteiger partial charge in [0.2, 0.25) is 5.95 Å². The Hall–Kier alpha value is -2.09. The number of carbonyl (C=O) groups is 1. The molecule has 7 nitrogen and oxygen atoms in total. The molecule has 0 radical (unpaired) electrons. The second kappa shape index (κ2) is 7.63. The fourth-order valence-corrected chi connectivity index (χ4v) is 5.21. The maximum atomic E-state index is 12.2. The van der Waals surface area contributed by atoms with Crippen LogP contribution in [0.2, 0.25) is 10.0 Å². The lowest BCUT2D eigenvalue weighted by atomic mass is 9.68. The highest BCUT2D eigenvalue weighted by molar-refractivity contribution is 6.44. The Labute approximate surface area is 179 Å². The number of benzene rings is 1. The first kappa shape index (κ1) is 20.2. The maximum absolute atomic E-state index is 12.2. The van der Waals surface area contributed by atoms with Gasteiger partial charge < -0.3 is 22.1 Å². The topological polar surface area (TPSA) is 124 Å². The molecule has 4 rings (SSSR count). The summed E-state index contributed by atoms with van der Waals surface area (Å²) >= 11 is 12.5. The number of halogens is 2. The van der Waals surface area contributed by atoms with Crippen molar-refractivity contribution in [1.29, 1.82) is 0 Å². The van der Waals surface area contributed by atoms with Gasteiger partial charge in [0.05, 0.1) is 15.6 Å². The monoisotopic (exact) mass is 434 g/mol. The summed E-state index contributed by atoms with van der Waals surface area (Å²) in [6.45, 7) is 2.18. The lowest BCUT2D eigenvalue weighted by molar-refractivity contribution is 0.0996.